The fourth-order valence-corrected chi connectivity index (χ4v) is 4.08. The summed E-state index contributed by atoms with van der Waals surface area (Å²) in [6.07, 6.45) is 0.155. The number of nitrogens with one attached hydrogen (secondary N) is 1. The molecule has 0 fully saturated rings. The van der Waals surface area contributed by atoms with Crippen molar-refractivity contribution in [2.45, 2.75) is 16.5 Å². The molecule has 0 saturated heterocycles. The SMILES string of the molecule is O=C(Cc1ccc(F)cc1)Nc1nnc(SCc2ccccc2Cl)s1. The first-order chi connectivity index (χ1) is 12.1. The molecule has 128 valence electrons. The van der Waals surface area contributed by atoms with Gasteiger partial charge in [-0.15, -0.1) is 10.2 Å². The maximum atomic E-state index is 12.9. The van der Waals surface area contributed by atoms with Crippen LogP contribution >= 0.6 is 34.7 Å². The van der Waals surface area contributed by atoms with E-state index < -0.39 is 0 Å². The minimum atomic E-state index is -0.325. The molecule has 0 aliphatic carbocycles. The molecular formula is C17H13ClFN3OS2. The maximum absolute atomic E-state index is 12.9. The molecule has 0 aliphatic rings. The number of benzene rings is 2. The van der Waals surface area contributed by atoms with Gasteiger partial charge >= 0.3 is 0 Å². The summed E-state index contributed by atoms with van der Waals surface area (Å²) in [7, 11) is 0. The summed E-state index contributed by atoms with van der Waals surface area (Å²) in [6, 6.07) is 13.5. The highest BCUT2D eigenvalue weighted by molar-refractivity contribution is 8.00. The Labute approximate surface area is 157 Å². The van der Waals surface area contributed by atoms with Crippen LogP contribution in [0, 0.1) is 5.82 Å². The number of carbonyl (C=O) groups is 1. The Bertz CT molecular complexity index is 870. The largest absolute Gasteiger partial charge is 0.300 e. The lowest BCUT2D eigenvalue weighted by atomic mass is 10.1. The number of thioether (sulfide) groups is 1. The Hall–Kier alpha value is -1.96. The average Bonchev–Trinajstić information content (AvgIpc) is 3.03. The Morgan fingerprint density at radius 3 is 2.68 bits per heavy atom. The zero-order chi connectivity index (χ0) is 17.6. The van der Waals surface area contributed by atoms with E-state index in [-0.39, 0.29) is 18.1 Å². The second kappa shape index (κ2) is 8.42. The summed E-state index contributed by atoms with van der Waals surface area (Å²) >= 11 is 8.94. The first-order valence-corrected chi connectivity index (χ1v) is 9.52. The summed E-state index contributed by atoms with van der Waals surface area (Å²) in [4.78, 5) is 12.0. The molecule has 0 radical (unpaired) electrons. The van der Waals surface area contributed by atoms with E-state index in [4.69, 9.17) is 11.6 Å². The number of hydrogen-bond acceptors (Lipinski definition) is 5. The maximum Gasteiger partial charge on any atom is 0.230 e. The van der Waals surface area contributed by atoms with E-state index in [0.29, 0.717) is 15.9 Å². The van der Waals surface area contributed by atoms with Gasteiger partial charge in [0.2, 0.25) is 11.0 Å². The number of aromatic nitrogens is 2. The molecule has 0 unspecified atom stereocenters. The van der Waals surface area contributed by atoms with Gasteiger partial charge in [-0.3, -0.25) is 4.79 Å². The van der Waals surface area contributed by atoms with Gasteiger partial charge in [-0.05, 0) is 29.3 Å². The van der Waals surface area contributed by atoms with E-state index >= 15 is 0 Å². The number of carbonyl (C=O) groups excluding carboxylic acids is 1. The van der Waals surface area contributed by atoms with Crippen LogP contribution in [0.25, 0.3) is 0 Å². The summed E-state index contributed by atoms with van der Waals surface area (Å²) in [5, 5.41) is 11.9. The second-order valence-electron chi connectivity index (χ2n) is 5.10. The smallest absolute Gasteiger partial charge is 0.230 e. The number of halogens is 2. The van der Waals surface area contributed by atoms with Crippen molar-refractivity contribution in [2.24, 2.45) is 0 Å². The molecule has 1 aromatic heterocycles. The minimum Gasteiger partial charge on any atom is -0.300 e. The normalized spacial score (nSPS) is 10.6. The summed E-state index contributed by atoms with van der Waals surface area (Å²) in [5.41, 5.74) is 1.75. The second-order valence-corrected chi connectivity index (χ2v) is 7.71. The third-order valence-corrected chi connectivity index (χ3v) is 5.63. The van der Waals surface area contributed by atoms with Crippen LogP contribution in [0.1, 0.15) is 11.1 Å². The van der Waals surface area contributed by atoms with Gasteiger partial charge in [0.05, 0.1) is 6.42 Å². The average molecular weight is 394 g/mol. The van der Waals surface area contributed by atoms with Crippen LogP contribution in [0.3, 0.4) is 0 Å². The number of rotatable bonds is 6. The summed E-state index contributed by atoms with van der Waals surface area (Å²) in [6.45, 7) is 0. The minimum absolute atomic E-state index is 0.155. The number of anilines is 1. The van der Waals surface area contributed by atoms with Crippen molar-refractivity contribution in [1.82, 2.24) is 10.2 Å². The molecular weight excluding hydrogens is 381 g/mol. The molecule has 8 heteroatoms. The zero-order valence-electron chi connectivity index (χ0n) is 12.9. The molecule has 1 N–H and O–H groups in total. The highest BCUT2D eigenvalue weighted by atomic mass is 35.5. The van der Waals surface area contributed by atoms with Crippen molar-refractivity contribution >= 4 is 45.7 Å². The van der Waals surface area contributed by atoms with Crippen molar-refractivity contribution < 1.29 is 9.18 Å². The van der Waals surface area contributed by atoms with Crippen LogP contribution in [0.4, 0.5) is 9.52 Å². The molecule has 4 nitrogen and oxygen atoms in total. The van der Waals surface area contributed by atoms with Crippen molar-refractivity contribution in [3.05, 3.63) is 70.5 Å². The molecule has 3 rings (SSSR count). The van der Waals surface area contributed by atoms with Gasteiger partial charge in [0.1, 0.15) is 5.82 Å². The molecule has 3 aromatic rings. The van der Waals surface area contributed by atoms with Crippen molar-refractivity contribution in [2.75, 3.05) is 5.32 Å². The van der Waals surface area contributed by atoms with E-state index in [1.54, 1.807) is 12.1 Å². The van der Waals surface area contributed by atoms with E-state index in [1.807, 2.05) is 24.3 Å². The molecule has 0 saturated carbocycles. The van der Waals surface area contributed by atoms with Crippen LogP contribution in [-0.4, -0.2) is 16.1 Å². The Kier molecular flexibility index (Phi) is 6.01. The molecule has 0 atom stereocenters. The lowest BCUT2D eigenvalue weighted by molar-refractivity contribution is -0.115. The highest BCUT2D eigenvalue weighted by Gasteiger charge is 2.10. The van der Waals surface area contributed by atoms with Crippen LogP contribution in [-0.2, 0) is 17.0 Å². The fraction of sp³-hybridized carbons (Fsp3) is 0.118. The first-order valence-electron chi connectivity index (χ1n) is 7.34. The van der Waals surface area contributed by atoms with Crippen molar-refractivity contribution in [1.29, 1.82) is 0 Å². The predicted molar refractivity (Wildman–Crippen MR) is 99.7 cm³/mol. The molecule has 2 aromatic carbocycles. The quantitative estimate of drug-likeness (QED) is 0.482. The molecule has 25 heavy (non-hydrogen) atoms. The highest BCUT2D eigenvalue weighted by Crippen LogP contribution is 2.30. The van der Waals surface area contributed by atoms with Gasteiger partial charge in [0.25, 0.3) is 0 Å². The summed E-state index contributed by atoms with van der Waals surface area (Å²) in [5.74, 6) is 0.136. The lowest BCUT2D eigenvalue weighted by Gasteiger charge is -2.01. The van der Waals surface area contributed by atoms with E-state index in [1.165, 1.54) is 35.2 Å². The molecule has 1 amide bonds. The van der Waals surface area contributed by atoms with Gasteiger partial charge in [-0.25, -0.2) is 4.39 Å². The molecule has 0 bridgehead atoms. The molecule has 0 aliphatic heterocycles. The lowest BCUT2D eigenvalue weighted by Crippen LogP contribution is -2.14. The van der Waals surface area contributed by atoms with Crippen LogP contribution < -0.4 is 5.32 Å². The van der Waals surface area contributed by atoms with Crippen LogP contribution in [0.5, 0.6) is 0 Å². The Balaban J connectivity index is 1.53. The third-order valence-electron chi connectivity index (χ3n) is 3.24. The topological polar surface area (TPSA) is 54.9 Å². The van der Waals surface area contributed by atoms with Gasteiger partial charge < -0.3 is 5.32 Å². The van der Waals surface area contributed by atoms with Crippen LogP contribution in [0.2, 0.25) is 5.02 Å². The van der Waals surface area contributed by atoms with E-state index in [0.717, 1.165) is 15.5 Å². The number of hydrogen-bond donors (Lipinski definition) is 1. The zero-order valence-corrected chi connectivity index (χ0v) is 15.3. The van der Waals surface area contributed by atoms with Gasteiger partial charge in [0.15, 0.2) is 4.34 Å². The molecule has 1 heterocycles. The molecule has 0 spiro atoms. The Morgan fingerprint density at radius 2 is 1.92 bits per heavy atom. The van der Waals surface area contributed by atoms with Crippen molar-refractivity contribution in [3.8, 4) is 0 Å². The van der Waals surface area contributed by atoms with Gasteiger partial charge in [-0.1, -0.05) is 65.0 Å². The monoisotopic (exact) mass is 393 g/mol. The Morgan fingerprint density at radius 1 is 1.16 bits per heavy atom. The first kappa shape index (κ1) is 17.8. The summed E-state index contributed by atoms with van der Waals surface area (Å²) < 4.78 is 13.6. The number of amides is 1. The van der Waals surface area contributed by atoms with E-state index in [9.17, 15) is 9.18 Å². The number of nitrogens with zero attached hydrogens (tertiary/aromatic N) is 2. The van der Waals surface area contributed by atoms with Gasteiger partial charge in [-0.2, -0.15) is 0 Å². The van der Waals surface area contributed by atoms with Gasteiger partial charge in [0, 0.05) is 10.8 Å². The fourth-order valence-electron chi connectivity index (χ4n) is 2.02. The van der Waals surface area contributed by atoms with E-state index in [2.05, 4.69) is 15.5 Å². The standard InChI is InChI=1S/C17H13ClFN3OS2/c18-14-4-2-1-3-12(14)10-24-17-22-21-16(25-17)20-15(23)9-11-5-7-13(19)8-6-11/h1-8H,9-10H2,(H,20,21,23). The van der Waals surface area contributed by atoms with Crippen LogP contribution in [0.15, 0.2) is 52.9 Å². The third kappa shape index (κ3) is 5.26. The predicted octanol–water partition coefficient (Wildman–Crippen LogP) is 4.80. The van der Waals surface area contributed by atoms with Crippen molar-refractivity contribution in [3.63, 3.8) is 0 Å².